The Balaban J connectivity index is 1.64. The van der Waals surface area contributed by atoms with Gasteiger partial charge >= 0.3 is 0 Å². The molecule has 0 fully saturated rings. The minimum Gasteiger partial charge on any atom is -0.356 e. The first-order chi connectivity index (χ1) is 16.8. The van der Waals surface area contributed by atoms with Crippen LogP contribution in [0.2, 0.25) is 0 Å². The number of anilines is 2. The van der Waals surface area contributed by atoms with Crippen LogP contribution in [0.4, 0.5) is 11.4 Å². The molecule has 0 amide bonds. The summed E-state index contributed by atoms with van der Waals surface area (Å²) in [5.74, 6) is 0. The summed E-state index contributed by atoms with van der Waals surface area (Å²) in [5, 5.41) is 17.9. The van der Waals surface area contributed by atoms with Gasteiger partial charge < -0.3 is 5.32 Å². The second-order valence-corrected chi connectivity index (χ2v) is 12.0. The molecule has 34 heavy (non-hydrogen) atoms. The van der Waals surface area contributed by atoms with Gasteiger partial charge in [-0.3, -0.25) is 0 Å². The molecule has 0 aliphatic rings. The summed E-state index contributed by atoms with van der Waals surface area (Å²) < 4.78 is 0. The molecule has 2 nitrogen and oxygen atoms in total. The summed E-state index contributed by atoms with van der Waals surface area (Å²) in [6.45, 7) is 0. The summed E-state index contributed by atoms with van der Waals surface area (Å²) in [7, 11) is -2.49. The number of hydrogen-bond donors (Lipinski definition) is 1. The Bertz CT molecular complexity index is 1290. The van der Waals surface area contributed by atoms with Gasteiger partial charge in [-0.05, 0) is 57.1 Å². The van der Waals surface area contributed by atoms with E-state index < -0.39 is 8.07 Å². The highest BCUT2D eigenvalue weighted by Gasteiger charge is 2.41. The van der Waals surface area contributed by atoms with E-state index in [1.807, 2.05) is 24.3 Å². The van der Waals surface area contributed by atoms with Gasteiger partial charge in [0.15, 0.2) is 8.07 Å². The van der Waals surface area contributed by atoms with Gasteiger partial charge in [0.05, 0.1) is 11.6 Å². The van der Waals surface area contributed by atoms with Crippen LogP contribution in [0.15, 0.2) is 140 Å². The maximum absolute atomic E-state index is 9.04. The van der Waals surface area contributed by atoms with Crippen LogP contribution in [0.1, 0.15) is 5.56 Å². The Labute approximate surface area is 201 Å². The highest BCUT2D eigenvalue weighted by atomic mass is 28.3. The lowest BCUT2D eigenvalue weighted by Crippen LogP contribution is -2.74. The van der Waals surface area contributed by atoms with Crippen molar-refractivity contribution in [3.63, 3.8) is 0 Å². The Hall–Kier alpha value is -4.39. The molecule has 5 rings (SSSR count). The van der Waals surface area contributed by atoms with E-state index in [1.165, 1.54) is 20.7 Å². The van der Waals surface area contributed by atoms with E-state index in [-0.39, 0.29) is 0 Å². The molecule has 0 saturated carbocycles. The molecule has 0 saturated heterocycles. The zero-order valence-corrected chi connectivity index (χ0v) is 19.7. The molecular weight excluding hydrogens is 428 g/mol. The number of rotatable bonds is 6. The minimum atomic E-state index is -2.49. The van der Waals surface area contributed by atoms with Gasteiger partial charge in [0.2, 0.25) is 0 Å². The first-order valence-corrected chi connectivity index (χ1v) is 13.3. The first-order valence-electron chi connectivity index (χ1n) is 11.3. The van der Waals surface area contributed by atoms with Gasteiger partial charge in [0.1, 0.15) is 0 Å². The molecule has 5 aromatic carbocycles. The monoisotopic (exact) mass is 452 g/mol. The van der Waals surface area contributed by atoms with Crippen LogP contribution >= 0.6 is 0 Å². The van der Waals surface area contributed by atoms with Crippen LogP contribution in [0.5, 0.6) is 0 Å². The van der Waals surface area contributed by atoms with Gasteiger partial charge in [-0.15, -0.1) is 0 Å². The minimum absolute atomic E-state index is 0.658. The second kappa shape index (κ2) is 9.62. The van der Waals surface area contributed by atoms with Crippen molar-refractivity contribution in [3.8, 4) is 6.07 Å². The molecular formula is C31H24N2Si. The fourth-order valence-corrected chi connectivity index (χ4v) is 9.41. The van der Waals surface area contributed by atoms with Gasteiger partial charge in [-0.25, -0.2) is 0 Å². The number of nitrogens with one attached hydrogen (secondary N) is 1. The summed E-state index contributed by atoms with van der Waals surface area (Å²) in [4.78, 5) is 0. The lowest BCUT2D eigenvalue weighted by Gasteiger charge is -2.34. The van der Waals surface area contributed by atoms with E-state index in [0.717, 1.165) is 11.4 Å². The van der Waals surface area contributed by atoms with Crippen LogP contribution in [0, 0.1) is 11.3 Å². The summed E-state index contributed by atoms with van der Waals surface area (Å²) in [5.41, 5.74) is 2.64. The fraction of sp³-hybridized carbons (Fsp3) is 0. The van der Waals surface area contributed by atoms with Crippen molar-refractivity contribution in [1.82, 2.24) is 0 Å². The average molecular weight is 453 g/mol. The molecule has 0 spiro atoms. The zero-order chi connectivity index (χ0) is 23.2. The topological polar surface area (TPSA) is 35.8 Å². The van der Waals surface area contributed by atoms with Crippen molar-refractivity contribution in [2.45, 2.75) is 0 Å². The SMILES string of the molecule is N#Cc1ccc(Nc2ccc([Si](c3ccccc3)(c3ccccc3)c3ccccc3)cc2)cc1. The van der Waals surface area contributed by atoms with Crippen LogP contribution < -0.4 is 26.1 Å². The number of hydrogen-bond acceptors (Lipinski definition) is 2. The second-order valence-electron chi connectivity index (χ2n) is 8.24. The summed E-state index contributed by atoms with van der Waals surface area (Å²) in [6.07, 6.45) is 0. The molecule has 0 aromatic heterocycles. The predicted octanol–water partition coefficient (Wildman–Crippen LogP) is 4.68. The van der Waals surface area contributed by atoms with E-state index in [1.54, 1.807) is 0 Å². The predicted molar refractivity (Wildman–Crippen MR) is 144 cm³/mol. The van der Waals surface area contributed by atoms with Gasteiger partial charge in [0, 0.05) is 11.4 Å². The normalized spacial score (nSPS) is 10.9. The summed E-state index contributed by atoms with van der Waals surface area (Å²) in [6, 6.07) is 51.3. The average Bonchev–Trinajstić information content (AvgIpc) is 2.92. The molecule has 0 unspecified atom stereocenters. The van der Waals surface area contributed by atoms with Crippen molar-refractivity contribution >= 4 is 40.2 Å². The van der Waals surface area contributed by atoms with Crippen LogP contribution in [0.25, 0.3) is 0 Å². The maximum Gasteiger partial charge on any atom is 0.179 e. The Morgan fingerprint density at radius 2 is 0.794 bits per heavy atom. The van der Waals surface area contributed by atoms with Crippen LogP contribution in [0.3, 0.4) is 0 Å². The van der Waals surface area contributed by atoms with Crippen molar-refractivity contribution in [1.29, 1.82) is 5.26 Å². The third-order valence-electron chi connectivity index (χ3n) is 6.24. The van der Waals surface area contributed by atoms with E-state index in [4.69, 9.17) is 5.26 Å². The maximum atomic E-state index is 9.04. The Kier molecular flexibility index (Phi) is 6.07. The third kappa shape index (κ3) is 4.03. The first kappa shape index (κ1) is 21.5. The molecule has 0 heterocycles. The van der Waals surface area contributed by atoms with E-state index >= 15 is 0 Å². The molecule has 0 aliphatic carbocycles. The van der Waals surface area contributed by atoms with Crippen molar-refractivity contribution in [2.75, 3.05) is 5.32 Å². The lowest BCUT2D eigenvalue weighted by molar-refractivity contribution is 1.47. The standard InChI is InChI=1S/C31H24N2Si/c32-24-25-16-18-26(19-17-25)33-27-20-22-31(23-21-27)34(28-10-4-1-5-11-28,29-12-6-2-7-13-29)30-14-8-3-9-15-30/h1-23,33H. The molecule has 0 atom stereocenters. The molecule has 162 valence electrons. The Morgan fingerprint density at radius 3 is 1.18 bits per heavy atom. The van der Waals surface area contributed by atoms with E-state index in [9.17, 15) is 0 Å². The molecule has 0 bridgehead atoms. The largest absolute Gasteiger partial charge is 0.356 e. The van der Waals surface area contributed by atoms with Gasteiger partial charge in [0.25, 0.3) is 0 Å². The van der Waals surface area contributed by atoms with Crippen molar-refractivity contribution < 1.29 is 0 Å². The molecule has 3 heteroatoms. The van der Waals surface area contributed by atoms with E-state index in [2.05, 4.69) is 127 Å². The molecule has 0 aliphatic heterocycles. The van der Waals surface area contributed by atoms with Gasteiger partial charge in [-0.2, -0.15) is 5.26 Å². The number of nitriles is 1. The van der Waals surface area contributed by atoms with Crippen LogP contribution in [-0.4, -0.2) is 8.07 Å². The fourth-order valence-electron chi connectivity index (χ4n) is 4.66. The lowest BCUT2D eigenvalue weighted by atomic mass is 10.2. The highest BCUT2D eigenvalue weighted by Crippen LogP contribution is 2.17. The number of benzene rings is 5. The highest BCUT2D eigenvalue weighted by molar-refractivity contribution is 7.19. The smallest absolute Gasteiger partial charge is 0.179 e. The van der Waals surface area contributed by atoms with Crippen molar-refractivity contribution in [2.24, 2.45) is 0 Å². The molecule has 5 aromatic rings. The molecule has 0 radical (unpaired) electrons. The van der Waals surface area contributed by atoms with Crippen molar-refractivity contribution in [3.05, 3.63) is 145 Å². The zero-order valence-electron chi connectivity index (χ0n) is 18.7. The van der Waals surface area contributed by atoms with Crippen LogP contribution in [-0.2, 0) is 0 Å². The van der Waals surface area contributed by atoms with E-state index in [0.29, 0.717) is 5.56 Å². The third-order valence-corrected chi connectivity index (χ3v) is 11.0. The Morgan fingerprint density at radius 1 is 0.441 bits per heavy atom. The molecule has 1 N–H and O–H groups in total. The van der Waals surface area contributed by atoms with Gasteiger partial charge in [-0.1, -0.05) is 103 Å². The number of nitrogens with zero attached hydrogens (tertiary/aromatic N) is 1. The quantitative estimate of drug-likeness (QED) is 0.300. The summed E-state index contributed by atoms with van der Waals surface area (Å²) >= 11 is 0.